The number of para-hydroxylation sites is 1. The van der Waals surface area contributed by atoms with Gasteiger partial charge in [-0.25, -0.2) is 22.7 Å². The lowest BCUT2D eigenvalue weighted by molar-refractivity contribution is -0.383. The molecular formula is C25H21ClIN7O9S. The number of methoxy groups -OCH3 is 1. The largest absolute Gasteiger partial charge is 0.478 e. The molecule has 3 aromatic carbocycles. The van der Waals surface area contributed by atoms with Gasteiger partial charge < -0.3 is 20.3 Å². The van der Waals surface area contributed by atoms with E-state index >= 15 is 0 Å². The van der Waals surface area contributed by atoms with Gasteiger partial charge in [0.05, 0.1) is 17.6 Å². The number of nitrogens with zero attached hydrogens (tertiary/aromatic N) is 4. The molecule has 2 amide bonds. The quantitative estimate of drug-likeness (QED) is 0.0831. The monoisotopic (exact) mass is 757 g/mol. The second kappa shape index (κ2) is 14.6. The first kappa shape index (κ1) is 33.7. The number of ether oxygens (including phenoxy) is 2. The SMILES string of the molecule is COc1nc(C)nc(NC(=O)NS(=O)(=O)c2cc(I)ccc2C(=O)O)n1.Nc1c([N+](=O)[O-])ccc(Oc2ccccc2)c1Cl. The Balaban J connectivity index is 0.000000257. The van der Waals surface area contributed by atoms with E-state index in [1.165, 1.54) is 32.2 Å². The fourth-order valence-electron chi connectivity index (χ4n) is 3.22. The van der Waals surface area contributed by atoms with Crippen molar-refractivity contribution in [3.63, 3.8) is 0 Å². The first-order valence-electron chi connectivity index (χ1n) is 11.8. The first-order valence-corrected chi connectivity index (χ1v) is 14.7. The lowest BCUT2D eigenvalue weighted by Gasteiger charge is -2.10. The average Bonchev–Trinajstić information content (AvgIpc) is 2.95. The number of amides is 2. The van der Waals surface area contributed by atoms with E-state index in [9.17, 15) is 28.1 Å². The third-order valence-electron chi connectivity index (χ3n) is 5.11. The number of carboxylic acids is 1. The number of sulfonamides is 1. The minimum atomic E-state index is -4.45. The van der Waals surface area contributed by atoms with Crippen molar-refractivity contribution in [3.8, 4) is 17.5 Å². The van der Waals surface area contributed by atoms with Crippen molar-refractivity contribution in [1.29, 1.82) is 0 Å². The first-order chi connectivity index (χ1) is 20.7. The molecule has 4 rings (SSSR count). The molecule has 0 fully saturated rings. The van der Waals surface area contributed by atoms with Crippen LogP contribution in [-0.2, 0) is 10.0 Å². The third kappa shape index (κ3) is 8.84. The highest BCUT2D eigenvalue weighted by molar-refractivity contribution is 14.1. The maximum atomic E-state index is 12.4. The minimum absolute atomic E-state index is 0.0352. The Morgan fingerprint density at radius 1 is 1.09 bits per heavy atom. The summed E-state index contributed by atoms with van der Waals surface area (Å²) in [6, 6.07) is 14.1. The van der Waals surface area contributed by atoms with Gasteiger partial charge >= 0.3 is 18.0 Å². The van der Waals surface area contributed by atoms with Gasteiger partial charge in [-0.1, -0.05) is 29.8 Å². The average molecular weight is 758 g/mol. The predicted octanol–water partition coefficient (Wildman–Crippen LogP) is 4.62. The number of benzene rings is 3. The molecule has 16 nitrogen and oxygen atoms in total. The van der Waals surface area contributed by atoms with Gasteiger partial charge in [0.2, 0.25) is 5.95 Å². The number of aromatic carboxylic acids is 1. The zero-order valence-corrected chi connectivity index (χ0v) is 26.2. The number of rotatable bonds is 8. The molecule has 44 heavy (non-hydrogen) atoms. The molecule has 0 unspecified atom stereocenters. The van der Waals surface area contributed by atoms with Gasteiger partial charge in [0, 0.05) is 9.64 Å². The number of urea groups is 1. The van der Waals surface area contributed by atoms with Gasteiger partial charge in [0.25, 0.3) is 15.7 Å². The van der Waals surface area contributed by atoms with Gasteiger partial charge in [-0.15, -0.1) is 0 Å². The molecule has 0 saturated carbocycles. The Morgan fingerprint density at radius 2 is 1.77 bits per heavy atom. The number of halogens is 2. The standard InChI is InChI=1S/C13H12IN5O6S.C12H9ClN2O3/c1-6-15-11(18-13(16-6)25-2)17-12(22)19-26(23,24)9-5-7(14)3-4-8(9)10(20)21;13-11-10(18-8-4-2-1-3-5-8)7-6-9(12(11)14)15(16)17/h3-5H,1-2H3,(H,20,21)(H2,15,16,17,18,19,22);1-7H,14H2. The second-order valence-electron chi connectivity index (χ2n) is 8.18. The van der Waals surface area contributed by atoms with Crippen LogP contribution in [0.1, 0.15) is 16.2 Å². The number of nitro benzene ring substituents is 1. The Hall–Kier alpha value is -4.82. The Kier molecular flexibility index (Phi) is 11.2. The molecule has 0 aliphatic heterocycles. The maximum absolute atomic E-state index is 12.4. The highest BCUT2D eigenvalue weighted by Gasteiger charge is 2.25. The van der Waals surface area contributed by atoms with E-state index < -0.39 is 37.4 Å². The van der Waals surface area contributed by atoms with E-state index in [1.54, 1.807) is 29.0 Å². The normalized spacial score (nSPS) is 10.5. The van der Waals surface area contributed by atoms with Crippen molar-refractivity contribution in [2.24, 2.45) is 0 Å². The van der Waals surface area contributed by atoms with Crippen molar-refractivity contribution in [3.05, 3.63) is 90.8 Å². The van der Waals surface area contributed by atoms with E-state index in [1.807, 2.05) is 28.7 Å². The zero-order chi connectivity index (χ0) is 32.6. The second-order valence-corrected chi connectivity index (χ2v) is 11.5. The highest BCUT2D eigenvalue weighted by atomic mass is 127. The van der Waals surface area contributed by atoms with Gasteiger partial charge in [-0.2, -0.15) is 15.0 Å². The molecule has 230 valence electrons. The lowest BCUT2D eigenvalue weighted by atomic mass is 10.2. The number of hydrogen-bond donors (Lipinski definition) is 4. The van der Waals surface area contributed by atoms with E-state index in [0.29, 0.717) is 9.32 Å². The molecule has 0 bridgehead atoms. The molecule has 5 N–H and O–H groups in total. The van der Waals surface area contributed by atoms with Gasteiger partial charge in [0.15, 0.2) is 0 Å². The molecule has 0 spiro atoms. The zero-order valence-electron chi connectivity index (χ0n) is 22.5. The highest BCUT2D eigenvalue weighted by Crippen LogP contribution is 2.38. The third-order valence-corrected chi connectivity index (χ3v) is 7.55. The van der Waals surface area contributed by atoms with Crippen molar-refractivity contribution in [2.75, 3.05) is 18.2 Å². The van der Waals surface area contributed by atoms with Crippen LogP contribution in [-0.4, -0.2) is 52.5 Å². The number of nitrogen functional groups attached to an aromatic ring is 1. The molecule has 1 heterocycles. The topological polar surface area (TPSA) is 239 Å². The van der Waals surface area contributed by atoms with Crippen molar-refractivity contribution in [1.82, 2.24) is 19.7 Å². The predicted molar refractivity (Wildman–Crippen MR) is 166 cm³/mol. The number of aromatic nitrogens is 3. The number of carbonyl (C=O) groups excluding carboxylic acids is 1. The van der Waals surface area contributed by atoms with Crippen LogP contribution < -0.4 is 25.2 Å². The summed E-state index contributed by atoms with van der Waals surface area (Å²) in [5.74, 6) is -0.581. The van der Waals surface area contributed by atoms with Crippen LogP contribution in [0.4, 0.5) is 22.1 Å². The van der Waals surface area contributed by atoms with Crippen LogP contribution in [0.5, 0.6) is 17.5 Å². The molecule has 0 saturated heterocycles. The summed E-state index contributed by atoms with van der Waals surface area (Å²) in [5.41, 5.74) is 4.78. The molecule has 0 radical (unpaired) electrons. The van der Waals surface area contributed by atoms with Crippen LogP contribution in [0.25, 0.3) is 0 Å². The van der Waals surface area contributed by atoms with Crippen LogP contribution in [0, 0.1) is 20.6 Å². The molecule has 4 aromatic rings. The molecule has 1 aromatic heterocycles. The summed E-state index contributed by atoms with van der Waals surface area (Å²) < 4.78 is 37.3. The summed E-state index contributed by atoms with van der Waals surface area (Å²) in [5, 5.41) is 22.0. The number of aryl methyl sites for hydroxylation is 1. The van der Waals surface area contributed by atoms with Crippen LogP contribution in [0.15, 0.2) is 65.6 Å². The number of carbonyl (C=O) groups is 2. The maximum Gasteiger partial charge on any atom is 0.337 e. The molecule has 19 heteroatoms. The number of nitrogens with two attached hydrogens (primary N) is 1. The van der Waals surface area contributed by atoms with E-state index in [0.717, 1.165) is 12.1 Å². The summed E-state index contributed by atoms with van der Waals surface area (Å²) in [6.45, 7) is 1.52. The Morgan fingerprint density at radius 3 is 2.39 bits per heavy atom. The smallest absolute Gasteiger partial charge is 0.337 e. The Bertz CT molecular complexity index is 1830. The van der Waals surface area contributed by atoms with Gasteiger partial charge in [0.1, 0.15) is 32.9 Å². The van der Waals surface area contributed by atoms with E-state index in [2.05, 4.69) is 20.3 Å². The summed E-state index contributed by atoms with van der Waals surface area (Å²) in [6.07, 6.45) is 0. The molecule has 0 aliphatic carbocycles. The van der Waals surface area contributed by atoms with Gasteiger partial charge in [-0.3, -0.25) is 15.4 Å². The summed E-state index contributed by atoms with van der Waals surface area (Å²) in [4.78, 5) is 44.1. The van der Waals surface area contributed by atoms with Crippen molar-refractivity contribution in [2.45, 2.75) is 11.8 Å². The van der Waals surface area contributed by atoms with E-state index in [-0.39, 0.29) is 39.9 Å². The van der Waals surface area contributed by atoms with Crippen LogP contribution in [0.2, 0.25) is 5.02 Å². The lowest BCUT2D eigenvalue weighted by Crippen LogP contribution is -2.35. The summed E-state index contributed by atoms with van der Waals surface area (Å²) >= 11 is 7.76. The number of nitro groups is 1. The fraction of sp³-hybridized carbons (Fsp3) is 0.0800. The molecule has 0 aliphatic rings. The minimum Gasteiger partial charge on any atom is -0.478 e. The Labute approximate surface area is 267 Å². The van der Waals surface area contributed by atoms with Crippen LogP contribution in [0.3, 0.4) is 0 Å². The fourth-order valence-corrected chi connectivity index (χ4v) is 5.25. The number of anilines is 2. The van der Waals surface area contributed by atoms with Crippen molar-refractivity contribution >= 4 is 73.5 Å². The van der Waals surface area contributed by atoms with Crippen LogP contribution >= 0.6 is 34.2 Å². The number of carboxylic acid groups (broad SMARTS) is 1. The van der Waals surface area contributed by atoms with Gasteiger partial charge in [-0.05, 0) is 65.9 Å². The molecular weight excluding hydrogens is 737 g/mol. The molecule has 0 atom stereocenters. The number of hydrogen-bond acceptors (Lipinski definition) is 12. The van der Waals surface area contributed by atoms with Crippen molar-refractivity contribution < 1.29 is 37.5 Å². The summed E-state index contributed by atoms with van der Waals surface area (Å²) in [7, 11) is -3.14. The van der Waals surface area contributed by atoms with E-state index in [4.69, 9.17) is 31.9 Å². The number of nitrogens with one attached hydrogen (secondary N) is 2.